The number of ether oxygens (including phenoxy) is 2. The molecular formula is C43H65N5O5. The highest BCUT2D eigenvalue weighted by Gasteiger charge is 2.72. The first kappa shape index (κ1) is 38.5. The van der Waals surface area contributed by atoms with Gasteiger partial charge in [-0.3, -0.25) is 9.59 Å². The van der Waals surface area contributed by atoms with Crippen LogP contribution in [0.2, 0.25) is 0 Å². The van der Waals surface area contributed by atoms with Crippen LogP contribution in [0, 0.1) is 62.6 Å². The monoisotopic (exact) mass is 731 g/mol. The molecule has 4 N–H and O–H groups in total. The predicted octanol–water partition coefficient (Wildman–Crippen LogP) is 7.52. The maximum Gasteiger partial charge on any atom is 0.307 e. The molecular weight excluding hydrogens is 667 g/mol. The van der Waals surface area contributed by atoms with Gasteiger partial charge < -0.3 is 25.3 Å². The molecule has 0 spiro atoms. The number of hydrogen-bond donors (Lipinski definition) is 3. The number of nitrogens with two attached hydrogens (primary N) is 1. The maximum absolute atomic E-state index is 13.6. The van der Waals surface area contributed by atoms with E-state index < -0.39 is 28.3 Å². The number of aromatic nitrogens is 4. The van der Waals surface area contributed by atoms with E-state index >= 15 is 0 Å². The van der Waals surface area contributed by atoms with Crippen molar-refractivity contribution in [1.82, 2.24) is 19.7 Å². The minimum absolute atomic E-state index is 0.157. The summed E-state index contributed by atoms with van der Waals surface area (Å²) in [6.07, 6.45) is 10.9. The molecule has 0 aromatic carbocycles. The predicted molar refractivity (Wildman–Crippen MR) is 206 cm³/mol. The highest BCUT2D eigenvalue weighted by Crippen LogP contribution is 2.75. The van der Waals surface area contributed by atoms with E-state index in [1.807, 2.05) is 4.68 Å². The lowest BCUT2D eigenvalue weighted by molar-refractivity contribution is -0.254. The van der Waals surface area contributed by atoms with Crippen molar-refractivity contribution in [2.75, 3.05) is 19.8 Å². The van der Waals surface area contributed by atoms with Crippen LogP contribution in [0.4, 0.5) is 0 Å². The van der Waals surface area contributed by atoms with E-state index in [1.165, 1.54) is 11.6 Å². The first-order chi connectivity index (χ1) is 24.8. The Morgan fingerprint density at radius 2 is 1.85 bits per heavy atom. The van der Waals surface area contributed by atoms with Crippen LogP contribution in [-0.2, 0) is 14.3 Å². The fourth-order valence-electron chi connectivity index (χ4n) is 12.8. The Balaban J connectivity index is 1.40. The molecule has 0 radical (unpaired) electrons. The van der Waals surface area contributed by atoms with Gasteiger partial charge in [-0.2, -0.15) is 5.10 Å². The SMILES string of the molecule is CC(C)[C@@H](C)[C@@]1(C)CC[C@]2(C)[C@H]3CC[C@@H]4[C@@]5(C)COC[C@@]4(C3=CC[C@@]2(C)[C@@H]1C(=O)O)[C@@H](OC[C@](C)(N)C(C)C)[C@H](n1ncnc1-c1ccc(=O)[nH]c1)C5. The number of carboxylic acids is 1. The molecule has 0 amide bonds. The van der Waals surface area contributed by atoms with Crippen molar-refractivity contribution >= 4 is 5.97 Å². The first-order valence-corrected chi connectivity index (χ1v) is 20.3. The van der Waals surface area contributed by atoms with Crippen LogP contribution >= 0.6 is 0 Å². The van der Waals surface area contributed by atoms with E-state index in [0.29, 0.717) is 43.9 Å². The number of nitrogens with one attached hydrogen (secondary N) is 1. The second kappa shape index (κ2) is 12.9. The number of hydrogen-bond acceptors (Lipinski definition) is 7. The number of allylic oxidation sites excluding steroid dienone is 1. The third-order valence-corrected chi connectivity index (χ3v) is 16.8. The summed E-state index contributed by atoms with van der Waals surface area (Å²) in [6, 6.07) is 3.15. The van der Waals surface area contributed by atoms with Crippen LogP contribution in [-0.4, -0.2) is 62.3 Å². The minimum Gasteiger partial charge on any atom is -0.481 e. The maximum atomic E-state index is 13.6. The molecule has 53 heavy (non-hydrogen) atoms. The fraction of sp³-hybridized carbons (Fsp3) is 0.767. The number of aromatic amines is 1. The smallest absolute Gasteiger partial charge is 0.307 e. The second-order valence-corrected chi connectivity index (χ2v) is 20.0. The van der Waals surface area contributed by atoms with E-state index in [4.69, 9.17) is 25.3 Å². The molecule has 2 aromatic heterocycles. The lowest BCUT2D eigenvalue weighted by atomic mass is 9.34. The largest absolute Gasteiger partial charge is 0.481 e. The summed E-state index contributed by atoms with van der Waals surface area (Å²) in [5, 5.41) is 16.1. The Labute approximate surface area is 316 Å². The first-order valence-electron chi connectivity index (χ1n) is 20.3. The lowest BCUT2D eigenvalue weighted by Crippen LogP contribution is -2.70. The summed E-state index contributed by atoms with van der Waals surface area (Å²) in [4.78, 5) is 33.2. The Morgan fingerprint density at radius 1 is 1.11 bits per heavy atom. The molecule has 1 saturated heterocycles. The van der Waals surface area contributed by atoms with E-state index in [-0.39, 0.29) is 51.7 Å². The van der Waals surface area contributed by atoms with Crippen molar-refractivity contribution in [1.29, 1.82) is 0 Å². The number of aliphatic carboxylic acids is 1. The standard InChI is InChI=1S/C43H65N5O5/c1-25(2)27(5)39(7)17-18-40(8)29-12-13-32-38(6)19-31(48-36(46-24-47-48)28-11-14-33(49)45-20-28)35(53-22-42(10,44)26(3)4)43(32,23-52-21-38)30(29)15-16-41(40,9)34(39)37(50)51/h11,14-15,20,24-27,29,31-32,34-35H,12-13,16-19,21-23,44H2,1-10H3,(H,45,49)(H,50,51)/t27-,29+,31-,32-,34-,35+,38-,39-,40-,41+,42+,43+/m1/s1. The molecule has 4 fully saturated rings. The van der Waals surface area contributed by atoms with Gasteiger partial charge in [-0.25, -0.2) is 9.67 Å². The molecule has 5 aliphatic rings. The van der Waals surface area contributed by atoms with E-state index in [1.54, 1.807) is 18.6 Å². The van der Waals surface area contributed by atoms with Crippen LogP contribution < -0.4 is 11.3 Å². The Kier molecular flexibility index (Phi) is 9.34. The highest BCUT2D eigenvalue weighted by atomic mass is 16.5. The van der Waals surface area contributed by atoms with Gasteiger partial charge in [0.1, 0.15) is 6.33 Å². The summed E-state index contributed by atoms with van der Waals surface area (Å²) in [5.41, 5.74) is 6.87. The van der Waals surface area contributed by atoms with Crippen LogP contribution in [0.25, 0.3) is 11.4 Å². The number of nitrogens with zero attached hydrogens (tertiary/aromatic N) is 3. The third kappa shape index (κ3) is 5.49. The second-order valence-electron chi connectivity index (χ2n) is 20.0. The van der Waals surface area contributed by atoms with Crippen LogP contribution in [0.15, 0.2) is 41.1 Å². The van der Waals surface area contributed by atoms with Crippen molar-refractivity contribution in [3.8, 4) is 11.4 Å². The van der Waals surface area contributed by atoms with Gasteiger partial charge in [0.25, 0.3) is 0 Å². The zero-order valence-electron chi connectivity index (χ0n) is 33.9. The Morgan fingerprint density at radius 3 is 2.49 bits per heavy atom. The van der Waals surface area contributed by atoms with Gasteiger partial charge in [-0.15, -0.1) is 0 Å². The summed E-state index contributed by atoms with van der Waals surface area (Å²) in [6.45, 7) is 24.1. The van der Waals surface area contributed by atoms with Gasteiger partial charge in [-0.1, -0.05) is 74.0 Å². The molecule has 10 heteroatoms. The van der Waals surface area contributed by atoms with Crippen LogP contribution in [0.5, 0.6) is 0 Å². The molecule has 2 bridgehead atoms. The van der Waals surface area contributed by atoms with Crippen molar-refractivity contribution in [3.05, 3.63) is 46.7 Å². The molecule has 7 rings (SSSR count). The average Bonchev–Trinajstić information content (AvgIpc) is 3.57. The normalized spacial score (nSPS) is 41.2. The van der Waals surface area contributed by atoms with Crippen molar-refractivity contribution in [3.63, 3.8) is 0 Å². The molecule has 2 aromatic rings. The zero-order chi connectivity index (χ0) is 38.5. The molecule has 292 valence electrons. The number of carboxylic acid groups (broad SMARTS) is 1. The van der Waals surface area contributed by atoms with Gasteiger partial charge in [0, 0.05) is 28.8 Å². The third-order valence-electron chi connectivity index (χ3n) is 16.8. The topological polar surface area (TPSA) is 145 Å². The van der Waals surface area contributed by atoms with Gasteiger partial charge in [0.15, 0.2) is 5.82 Å². The molecule has 4 aliphatic carbocycles. The molecule has 10 nitrogen and oxygen atoms in total. The lowest BCUT2D eigenvalue weighted by Gasteiger charge is -2.71. The van der Waals surface area contributed by atoms with Gasteiger partial charge >= 0.3 is 5.97 Å². The van der Waals surface area contributed by atoms with E-state index in [0.717, 1.165) is 37.7 Å². The summed E-state index contributed by atoms with van der Waals surface area (Å²) in [5.74, 6) is 0.949. The minimum atomic E-state index is -0.651. The summed E-state index contributed by atoms with van der Waals surface area (Å²) < 4.78 is 16.2. The number of rotatable bonds is 9. The average molecular weight is 732 g/mol. The fourth-order valence-corrected chi connectivity index (χ4v) is 12.8. The molecule has 0 unspecified atom stereocenters. The van der Waals surface area contributed by atoms with Crippen LogP contribution in [0.3, 0.4) is 0 Å². The Bertz CT molecular complexity index is 1790. The number of H-pyrrole nitrogens is 1. The number of fused-ring (bicyclic) bond motifs is 3. The molecule has 3 heterocycles. The summed E-state index contributed by atoms with van der Waals surface area (Å²) in [7, 11) is 0. The number of carbonyl (C=O) groups is 1. The van der Waals surface area contributed by atoms with Gasteiger partial charge in [0.2, 0.25) is 5.56 Å². The van der Waals surface area contributed by atoms with Crippen molar-refractivity contribution in [2.45, 2.75) is 125 Å². The van der Waals surface area contributed by atoms with Crippen molar-refractivity contribution < 1.29 is 19.4 Å². The Hall–Kier alpha value is -2.82. The zero-order valence-corrected chi connectivity index (χ0v) is 33.9. The molecule has 1 aliphatic heterocycles. The van der Waals surface area contributed by atoms with E-state index in [9.17, 15) is 14.7 Å². The van der Waals surface area contributed by atoms with E-state index in [2.05, 4.69) is 80.3 Å². The molecule has 12 atom stereocenters. The number of pyridine rings is 1. The molecule has 3 saturated carbocycles. The summed E-state index contributed by atoms with van der Waals surface area (Å²) >= 11 is 0. The van der Waals surface area contributed by atoms with Gasteiger partial charge in [-0.05, 0) is 103 Å². The quantitative estimate of drug-likeness (QED) is 0.225. The van der Waals surface area contributed by atoms with Gasteiger partial charge in [0.05, 0.1) is 37.9 Å². The van der Waals surface area contributed by atoms with Crippen LogP contribution in [0.1, 0.15) is 114 Å². The van der Waals surface area contributed by atoms with Crippen molar-refractivity contribution in [2.24, 2.45) is 68.3 Å². The highest BCUT2D eigenvalue weighted by molar-refractivity contribution is 5.73.